The van der Waals surface area contributed by atoms with Crippen LogP contribution in [-0.4, -0.2) is 30.7 Å². The first-order chi connectivity index (χ1) is 16.6. The van der Waals surface area contributed by atoms with Gasteiger partial charge in [0.25, 0.3) is 5.56 Å². The number of aryl methyl sites for hydroxylation is 2. The minimum atomic E-state index is -0.0133. The third-order valence-corrected chi connectivity index (χ3v) is 8.84. The van der Waals surface area contributed by atoms with E-state index in [1.165, 1.54) is 22.2 Å². The van der Waals surface area contributed by atoms with Crippen LogP contribution >= 0.6 is 39.0 Å². The number of hydrogen-bond donors (Lipinski definition) is 0. The number of thiophene rings is 1. The Balaban J connectivity index is 1.45. The summed E-state index contributed by atoms with van der Waals surface area (Å²) in [6, 6.07) is 17.3. The first-order valence-corrected chi connectivity index (χ1v) is 13.6. The maximum absolute atomic E-state index is 13.7. The van der Waals surface area contributed by atoms with Gasteiger partial charge in [0.05, 0.1) is 17.7 Å². The molecule has 34 heavy (non-hydrogen) atoms. The molecule has 6 rings (SSSR count). The molecule has 0 atom stereocenters. The molecule has 0 saturated heterocycles. The Kier molecular flexibility index (Phi) is 5.63. The zero-order valence-corrected chi connectivity index (χ0v) is 21.3. The standard InChI is InChI=1S/C25H19BrN4O2S2/c26-17-11-9-16(10-12-17)19(31)14-33-25-28-27-24-29(13-15-5-2-1-3-6-15)22(32)21-18-7-4-8-20(18)34-23(21)30(24)25/h1-3,5-6,9-12H,4,7-8,13-14H2. The van der Waals surface area contributed by atoms with Crippen LogP contribution in [0.15, 0.2) is 69.0 Å². The highest BCUT2D eigenvalue weighted by Crippen LogP contribution is 2.37. The van der Waals surface area contributed by atoms with E-state index in [-0.39, 0.29) is 17.1 Å². The average Bonchev–Trinajstić information content (AvgIpc) is 3.55. The summed E-state index contributed by atoms with van der Waals surface area (Å²) in [4.78, 5) is 28.6. The summed E-state index contributed by atoms with van der Waals surface area (Å²) >= 11 is 6.43. The quantitative estimate of drug-likeness (QED) is 0.209. The summed E-state index contributed by atoms with van der Waals surface area (Å²) in [7, 11) is 0. The maximum Gasteiger partial charge on any atom is 0.264 e. The fourth-order valence-electron chi connectivity index (χ4n) is 4.46. The lowest BCUT2D eigenvalue weighted by molar-refractivity contribution is 0.102. The van der Waals surface area contributed by atoms with Gasteiger partial charge >= 0.3 is 0 Å². The van der Waals surface area contributed by atoms with E-state index in [2.05, 4.69) is 26.1 Å². The van der Waals surface area contributed by atoms with E-state index in [1.807, 2.05) is 59.0 Å². The molecule has 0 unspecified atom stereocenters. The van der Waals surface area contributed by atoms with Crippen LogP contribution in [0.1, 0.15) is 32.8 Å². The van der Waals surface area contributed by atoms with E-state index in [1.54, 1.807) is 15.9 Å². The molecule has 0 radical (unpaired) electrons. The van der Waals surface area contributed by atoms with Gasteiger partial charge in [-0.25, -0.2) is 4.40 Å². The molecular formula is C25H19BrN4O2S2. The first kappa shape index (κ1) is 21.8. The number of carbonyl (C=O) groups excluding carboxylic acids is 1. The fraction of sp³-hybridized carbons (Fsp3) is 0.200. The molecule has 0 fully saturated rings. The minimum absolute atomic E-state index is 0.0133. The first-order valence-electron chi connectivity index (χ1n) is 11.0. The van der Waals surface area contributed by atoms with Crippen molar-refractivity contribution in [3.05, 3.63) is 91.0 Å². The minimum Gasteiger partial charge on any atom is -0.293 e. The van der Waals surface area contributed by atoms with Crippen molar-refractivity contribution < 1.29 is 4.79 Å². The second kappa shape index (κ2) is 8.79. The number of hydrogen-bond acceptors (Lipinski definition) is 6. The van der Waals surface area contributed by atoms with Gasteiger partial charge in [-0.2, -0.15) is 0 Å². The lowest BCUT2D eigenvalue weighted by atomic mass is 10.2. The van der Waals surface area contributed by atoms with Crippen LogP contribution in [0.3, 0.4) is 0 Å². The summed E-state index contributed by atoms with van der Waals surface area (Å²) in [5.74, 6) is 0.781. The topological polar surface area (TPSA) is 69.3 Å². The van der Waals surface area contributed by atoms with Gasteiger partial charge in [-0.3, -0.25) is 14.2 Å². The Hall–Kier alpha value is -2.75. The molecule has 1 aliphatic carbocycles. The van der Waals surface area contributed by atoms with Crippen LogP contribution in [0, 0.1) is 0 Å². The Labute approximate surface area is 211 Å². The number of benzene rings is 2. The molecule has 5 aromatic rings. The number of ketones is 1. The maximum atomic E-state index is 13.7. The monoisotopic (exact) mass is 550 g/mol. The number of Topliss-reactive ketones (excluding diaryl/α,β-unsaturated/α-hetero) is 1. The Bertz CT molecular complexity index is 1600. The van der Waals surface area contributed by atoms with Crippen molar-refractivity contribution in [3.63, 3.8) is 0 Å². The summed E-state index contributed by atoms with van der Waals surface area (Å²) in [5, 5.41) is 10.2. The molecule has 0 amide bonds. The van der Waals surface area contributed by atoms with Crippen LogP contribution in [0.25, 0.3) is 16.0 Å². The van der Waals surface area contributed by atoms with Crippen molar-refractivity contribution in [2.75, 3.05) is 5.75 Å². The molecule has 1 aliphatic rings. The molecule has 3 aromatic heterocycles. The summed E-state index contributed by atoms with van der Waals surface area (Å²) < 4.78 is 4.63. The van der Waals surface area contributed by atoms with Gasteiger partial charge in [0.1, 0.15) is 4.83 Å². The van der Waals surface area contributed by atoms with Crippen LogP contribution in [-0.2, 0) is 19.4 Å². The highest BCUT2D eigenvalue weighted by atomic mass is 79.9. The number of nitrogens with zero attached hydrogens (tertiary/aromatic N) is 4. The zero-order chi connectivity index (χ0) is 23.2. The molecule has 9 heteroatoms. The smallest absolute Gasteiger partial charge is 0.264 e. The predicted molar refractivity (Wildman–Crippen MR) is 139 cm³/mol. The Morgan fingerprint density at radius 1 is 1.06 bits per heavy atom. The van der Waals surface area contributed by atoms with Gasteiger partial charge in [0.15, 0.2) is 10.9 Å². The SMILES string of the molecule is O=C(CSc1nnc2n(Cc3ccccc3)c(=O)c3c4c(sc3n12)CCC4)c1ccc(Br)cc1. The zero-order valence-electron chi connectivity index (χ0n) is 18.0. The average molecular weight is 551 g/mol. The molecule has 0 N–H and O–H groups in total. The second-order valence-electron chi connectivity index (χ2n) is 8.25. The van der Waals surface area contributed by atoms with E-state index in [0.717, 1.165) is 39.5 Å². The van der Waals surface area contributed by atoms with Crippen LogP contribution in [0.4, 0.5) is 0 Å². The largest absolute Gasteiger partial charge is 0.293 e. The van der Waals surface area contributed by atoms with Gasteiger partial charge in [-0.1, -0.05) is 70.2 Å². The number of carbonyl (C=O) groups is 1. The summed E-state index contributed by atoms with van der Waals surface area (Å²) in [6.45, 7) is 0.421. The van der Waals surface area contributed by atoms with E-state index >= 15 is 0 Å². The molecule has 170 valence electrons. The normalized spacial score (nSPS) is 13.1. The van der Waals surface area contributed by atoms with Crippen molar-refractivity contribution in [2.24, 2.45) is 0 Å². The van der Waals surface area contributed by atoms with Crippen LogP contribution < -0.4 is 5.56 Å². The van der Waals surface area contributed by atoms with Gasteiger partial charge in [-0.05, 0) is 42.5 Å². The van der Waals surface area contributed by atoms with Crippen LogP contribution in [0.2, 0.25) is 0 Å². The van der Waals surface area contributed by atoms with E-state index in [4.69, 9.17) is 0 Å². The van der Waals surface area contributed by atoms with Crippen molar-refractivity contribution >= 4 is 60.8 Å². The molecule has 0 aliphatic heterocycles. The number of halogens is 1. The van der Waals surface area contributed by atoms with Gasteiger partial charge in [0.2, 0.25) is 5.78 Å². The molecule has 0 spiro atoms. The molecule has 6 nitrogen and oxygen atoms in total. The number of fused-ring (bicyclic) bond motifs is 5. The van der Waals surface area contributed by atoms with Crippen molar-refractivity contribution in [1.29, 1.82) is 0 Å². The number of thioether (sulfide) groups is 1. The molecule has 0 saturated carbocycles. The summed E-state index contributed by atoms with van der Waals surface area (Å²) in [6.07, 6.45) is 3.01. The molecule has 3 heterocycles. The Morgan fingerprint density at radius 3 is 2.65 bits per heavy atom. The van der Waals surface area contributed by atoms with E-state index in [0.29, 0.717) is 23.0 Å². The lowest BCUT2D eigenvalue weighted by Gasteiger charge is -2.10. The number of rotatable bonds is 6. The predicted octanol–water partition coefficient (Wildman–Crippen LogP) is 5.38. The summed E-state index contributed by atoms with van der Waals surface area (Å²) in [5.41, 5.74) is 2.84. The highest BCUT2D eigenvalue weighted by Gasteiger charge is 2.26. The Morgan fingerprint density at radius 2 is 1.85 bits per heavy atom. The van der Waals surface area contributed by atoms with Gasteiger partial charge < -0.3 is 0 Å². The number of aromatic nitrogens is 4. The van der Waals surface area contributed by atoms with E-state index < -0.39 is 0 Å². The van der Waals surface area contributed by atoms with Crippen molar-refractivity contribution in [1.82, 2.24) is 19.2 Å². The third-order valence-electron chi connectivity index (χ3n) is 6.10. The molecule has 0 bridgehead atoms. The molecule has 2 aromatic carbocycles. The fourth-order valence-corrected chi connectivity index (χ4v) is 6.99. The lowest BCUT2D eigenvalue weighted by Crippen LogP contribution is -2.24. The van der Waals surface area contributed by atoms with Gasteiger partial charge in [0, 0.05) is 14.9 Å². The second-order valence-corrected chi connectivity index (χ2v) is 11.2. The third kappa shape index (κ3) is 3.72. The van der Waals surface area contributed by atoms with Crippen molar-refractivity contribution in [2.45, 2.75) is 31.0 Å². The molecular weight excluding hydrogens is 532 g/mol. The van der Waals surface area contributed by atoms with Crippen LogP contribution in [0.5, 0.6) is 0 Å². The van der Waals surface area contributed by atoms with Crippen molar-refractivity contribution in [3.8, 4) is 0 Å². The van der Waals surface area contributed by atoms with E-state index in [9.17, 15) is 9.59 Å². The van der Waals surface area contributed by atoms with Gasteiger partial charge in [-0.15, -0.1) is 21.5 Å². The highest BCUT2D eigenvalue weighted by molar-refractivity contribution is 9.10.